The van der Waals surface area contributed by atoms with Gasteiger partial charge in [-0.3, -0.25) is 9.89 Å². The van der Waals surface area contributed by atoms with Crippen molar-refractivity contribution in [3.8, 4) is 10.6 Å². The number of thiophene rings is 1. The van der Waals surface area contributed by atoms with Gasteiger partial charge in [-0.1, -0.05) is 6.07 Å². The summed E-state index contributed by atoms with van der Waals surface area (Å²) in [5, 5.41) is 12.8. The Morgan fingerprint density at radius 1 is 1.57 bits per heavy atom. The van der Waals surface area contributed by atoms with Crippen LogP contribution in [0, 0.1) is 0 Å². The predicted molar refractivity (Wildman–Crippen MR) is 84.0 cm³/mol. The summed E-state index contributed by atoms with van der Waals surface area (Å²) in [5.41, 5.74) is 2.25. The Morgan fingerprint density at radius 2 is 2.48 bits per heavy atom. The van der Waals surface area contributed by atoms with Crippen LogP contribution >= 0.6 is 11.3 Å². The van der Waals surface area contributed by atoms with E-state index in [1.165, 1.54) is 4.88 Å². The number of nitrogens with one attached hydrogen (secondary N) is 2. The molecule has 2 aromatic rings. The largest absolute Gasteiger partial charge is 0.341 e. The van der Waals surface area contributed by atoms with Gasteiger partial charge in [-0.15, -0.1) is 11.3 Å². The van der Waals surface area contributed by atoms with Crippen molar-refractivity contribution in [2.75, 3.05) is 13.1 Å². The number of amides is 1. The van der Waals surface area contributed by atoms with E-state index in [9.17, 15) is 4.79 Å². The number of H-pyrrole nitrogens is 1. The first kappa shape index (κ1) is 14.3. The van der Waals surface area contributed by atoms with Crippen LogP contribution in [0.15, 0.2) is 23.7 Å². The van der Waals surface area contributed by atoms with Gasteiger partial charge in [0.25, 0.3) is 0 Å². The maximum atomic E-state index is 11.6. The number of likely N-dealkylation sites (tertiary alicyclic amines) is 1. The van der Waals surface area contributed by atoms with Crippen LogP contribution in [0.2, 0.25) is 0 Å². The number of aromatic nitrogens is 2. The van der Waals surface area contributed by atoms with E-state index >= 15 is 0 Å². The molecule has 1 aliphatic rings. The third-order valence-corrected chi connectivity index (χ3v) is 4.68. The molecule has 2 aromatic heterocycles. The van der Waals surface area contributed by atoms with Crippen LogP contribution in [0.4, 0.5) is 0 Å². The fraction of sp³-hybridized carbons (Fsp3) is 0.467. The summed E-state index contributed by atoms with van der Waals surface area (Å²) in [5.74, 6) is 0.284. The monoisotopic (exact) mass is 304 g/mol. The van der Waals surface area contributed by atoms with Gasteiger partial charge in [0, 0.05) is 37.7 Å². The van der Waals surface area contributed by atoms with Crippen molar-refractivity contribution >= 4 is 17.2 Å². The highest BCUT2D eigenvalue weighted by molar-refractivity contribution is 7.13. The minimum Gasteiger partial charge on any atom is -0.341 e. The molecule has 1 atom stereocenters. The van der Waals surface area contributed by atoms with Gasteiger partial charge in [-0.05, 0) is 24.8 Å². The molecule has 0 unspecified atom stereocenters. The normalized spacial score (nSPS) is 16.6. The smallest absolute Gasteiger partial charge is 0.222 e. The van der Waals surface area contributed by atoms with Crippen molar-refractivity contribution in [1.82, 2.24) is 20.4 Å². The Hall–Kier alpha value is -1.66. The first-order valence-corrected chi connectivity index (χ1v) is 8.19. The Balaban J connectivity index is 1.56. The molecule has 21 heavy (non-hydrogen) atoms. The molecule has 1 fully saturated rings. The number of carbonyl (C=O) groups is 1. The van der Waals surface area contributed by atoms with E-state index in [1.54, 1.807) is 11.3 Å². The van der Waals surface area contributed by atoms with E-state index in [1.807, 2.05) is 17.2 Å². The van der Waals surface area contributed by atoms with Crippen molar-refractivity contribution in [3.63, 3.8) is 0 Å². The molecule has 1 aliphatic heterocycles. The maximum Gasteiger partial charge on any atom is 0.222 e. The molecule has 1 saturated heterocycles. The summed E-state index contributed by atoms with van der Waals surface area (Å²) < 4.78 is 0. The lowest BCUT2D eigenvalue weighted by Crippen LogP contribution is -2.39. The molecular formula is C15H20N4OS. The number of aromatic amines is 1. The van der Waals surface area contributed by atoms with E-state index in [0.29, 0.717) is 6.42 Å². The third-order valence-electron chi connectivity index (χ3n) is 3.79. The van der Waals surface area contributed by atoms with Gasteiger partial charge >= 0.3 is 0 Å². The van der Waals surface area contributed by atoms with Gasteiger partial charge in [0.15, 0.2) is 0 Å². The highest BCUT2D eigenvalue weighted by atomic mass is 32.1. The lowest BCUT2D eigenvalue weighted by Gasteiger charge is -2.21. The van der Waals surface area contributed by atoms with Gasteiger partial charge in [-0.2, -0.15) is 5.10 Å². The minimum atomic E-state index is 0.276. The predicted octanol–water partition coefficient (Wildman–Crippen LogP) is 2.24. The highest BCUT2D eigenvalue weighted by Crippen LogP contribution is 2.25. The molecular weight excluding hydrogens is 284 g/mol. The van der Waals surface area contributed by atoms with E-state index < -0.39 is 0 Å². The molecule has 0 saturated carbocycles. The molecule has 0 bridgehead atoms. The topological polar surface area (TPSA) is 61.0 Å². The number of carbonyl (C=O) groups excluding carboxylic acids is 1. The lowest BCUT2D eigenvalue weighted by molar-refractivity contribution is -0.127. The molecule has 0 aliphatic carbocycles. The first-order valence-electron chi connectivity index (χ1n) is 7.31. The van der Waals surface area contributed by atoms with Crippen LogP contribution in [0.5, 0.6) is 0 Å². The molecule has 112 valence electrons. The average Bonchev–Trinajstić information content (AvgIpc) is 3.18. The van der Waals surface area contributed by atoms with Crippen LogP contribution in [-0.4, -0.2) is 40.1 Å². The minimum absolute atomic E-state index is 0.276. The second-order valence-corrected chi connectivity index (χ2v) is 6.42. The summed E-state index contributed by atoms with van der Waals surface area (Å²) in [6.45, 7) is 4.56. The Kier molecular flexibility index (Phi) is 4.36. The van der Waals surface area contributed by atoms with Gasteiger partial charge in [0.1, 0.15) is 0 Å². The molecule has 0 spiro atoms. The van der Waals surface area contributed by atoms with Gasteiger partial charge in [0.2, 0.25) is 5.91 Å². The second-order valence-electron chi connectivity index (χ2n) is 5.47. The summed E-state index contributed by atoms with van der Waals surface area (Å²) in [4.78, 5) is 14.8. The summed E-state index contributed by atoms with van der Waals surface area (Å²) in [7, 11) is 0. The van der Waals surface area contributed by atoms with E-state index in [4.69, 9.17) is 0 Å². The fourth-order valence-corrected chi connectivity index (χ4v) is 3.41. The van der Waals surface area contributed by atoms with Crippen molar-refractivity contribution in [3.05, 3.63) is 29.3 Å². The highest BCUT2D eigenvalue weighted by Gasteiger charge is 2.21. The molecule has 3 rings (SSSR count). The molecule has 0 radical (unpaired) electrons. The van der Waals surface area contributed by atoms with Gasteiger partial charge < -0.3 is 10.2 Å². The lowest BCUT2D eigenvalue weighted by atomic mass is 10.2. The van der Waals surface area contributed by atoms with Crippen LogP contribution in [0.1, 0.15) is 25.3 Å². The van der Waals surface area contributed by atoms with Crippen molar-refractivity contribution < 1.29 is 4.79 Å². The summed E-state index contributed by atoms with van der Waals surface area (Å²) in [6, 6.07) is 4.41. The number of hydrogen-bond acceptors (Lipinski definition) is 4. The molecule has 0 aromatic carbocycles. The zero-order chi connectivity index (χ0) is 14.7. The second kappa shape index (κ2) is 6.41. The Morgan fingerprint density at radius 3 is 3.19 bits per heavy atom. The zero-order valence-electron chi connectivity index (χ0n) is 12.1. The van der Waals surface area contributed by atoms with E-state index in [2.05, 4.69) is 33.9 Å². The van der Waals surface area contributed by atoms with Crippen LogP contribution in [0.25, 0.3) is 10.6 Å². The number of rotatable bonds is 6. The SMILES string of the molecule is C[C@@H](CN1CCCC1=O)NCc1cn[nH]c1-c1cccs1. The van der Waals surface area contributed by atoms with E-state index in [0.717, 1.165) is 37.3 Å². The van der Waals surface area contributed by atoms with Crippen LogP contribution < -0.4 is 5.32 Å². The zero-order valence-corrected chi connectivity index (χ0v) is 12.9. The number of hydrogen-bond donors (Lipinski definition) is 2. The standard InChI is InChI=1S/C15H20N4OS/c1-11(10-19-6-2-5-14(19)20)16-8-12-9-17-18-15(12)13-4-3-7-21-13/h3-4,7,9,11,16H,2,5-6,8,10H2,1H3,(H,17,18)/t11-/m0/s1. The van der Waals surface area contributed by atoms with Crippen molar-refractivity contribution in [1.29, 1.82) is 0 Å². The molecule has 5 nitrogen and oxygen atoms in total. The quantitative estimate of drug-likeness (QED) is 0.860. The van der Waals surface area contributed by atoms with Crippen molar-refractivity contribution in [2.24, 2.45) is 0 Å². The van der Waals surface area contributed by atoms with Crippen LogP contribution in [-0.2, 0) is 11.3 Å². The first-order chi connectivity index (χ1) is 10.2. The fourth-order valence-electron chi connectivity index (χ4n) is 2.66. The molecule has 6 heteroatoms. The third kappa shape index (κ3) is 3.33. The summed E-state index contributed by atoms with van der Waals surface area (Å²) >= 11 is 1.70. The maximum absolute atomic E-state index is 11.6. The Labute approximate surface area is 128 Å². The van der Waals surface area contributed by atoms with Crippen LogP contribution in [0.3, 0.4) is 0 Å². The summed E-state index contributed by atoms with van der Waals surface area (Å²) in [6.07, 6.45) is 3.57. The van der Waals surface area contributed by atoms with E-state index in [-0.39, 0.29) is 11.9 Å². The van der Waals surface area contributed by atoms with Crippen molar-refractivity contribution in [2.45, 2.75) is 32.4 Å². The van der Waals surface area contributed by atoms with Gasteiger partial charge in [-0.25, -0.2) is 0 Å². The van der Waals surface area contributed by atoms with Gasteiger partial charge in [0.05, 0.1) is 16.8 Å². The average molecular weight is 304 g/mol. The molecule has 1 amide bonds. The Bertz CT molecular complexity index is 593. The number of nitrogens with zero attached hydrogens (tertiary/aromatic N) is 2. The molecule has 3 heterocycles. The molecule has 2 N–H and O–H groups in total.